The normalized spacial score (nSPS) is 24.2. The molecular weight excluding hydrogens is 240 g/mol. The molecule has 0 N–H and O–H groups in total. The van der Waals surface area contributed by atoms with Gasteiger partial charge in [-0.15, -0.1) is 0 Å². The Hall–Kier alpha value is -0.870. The summed E-state index contributed by atoms with van der Waals surface area (Å²) >= 11 is 6.12. The number of aromatic nitrogens is 2. The lowest BCUT2D eigenvalue weighted by molar-refractivity contribution is -0.128. The molecule has 0 aromatic carbocycles. The molecule has 1 saturated heterocycles. The van der Waals surface area contributed by atoms with Crippen molar-refractivity contribution in [3.05, 3.63) is 16.4 Å². The molecule has 0 spiro atoms. The molecule has 1 aromatic rings. The number of ether oxygens (including phenoxy) is 1. The third kappa shape index (κ3) is 2.38. The number of rotatable bonds is 3. The molecule has 0 aliphatic carbocycles. The first-order valence-corrected chi connectivity index (χ1v) is 6.20. The lowest BCUT2D eigenvalue weighted by atomic mass is 9.98. The summed E-state index contributed by atoms with van der Waals surface area (Å²) in [5, 5.41) is 4.79. The maximum atomic E-state index is 12.1. The third-order valence-corrected chi connectivity index (χ3v) is 3.80. The molecule has 94 valence electrons. The fourth-order valence-corrected chi connectivity index (χ4v) is 2.47. The van der Waals surface area contributed by atoms with E-state index in [9.17, 15) is 4.79 Å². The first-order valence-electron chi connectivity index (χ1n) is 5.83. The predicted molar refractivity (Wildman–Crippen MR) is 65.2 cm³/mol. The van der Waals surface area contributed by atoms with Crippen LogP contribution in [-0.2, 0) is 23.0 Å². The Morgan fingerprint density at radius 1 is 1.65 bits per heavy atom. The summed E-state index contributed by atoms with van der Waals surface area (Å²) in [6.07, 6.45) is 0.973. The molecule has 1 fully saturated rings. The highest BCUT2D eigenvalue weighted by Gasteiger charge is 2.31. The first-order chi connectivity index (χ1) is 8.00. The topological polar surface area (TPSA) is 44.1 Å². The Bertz CT molecular complexity index is 442. The van der Waals surface area contributed by atoms with Gasteiger partial charge in [-0.1, -0.05) is 18.5 Å². The smallest absolute Gasteiger partial charge is 0.167 e. The molecule has 0 saturated carbocycles. The van der Waals surface area contributed by atoms with Gasteiger partial charge in [-0.25, -0.2) is 0 Å². The van der Waals surface area contributed by atoms with Crippen molar-refractivity contribution in [3.63, 3.8) is 0 Å². The largest absolute Gasteiger partial charge is 0.370 e. The SMILES string of the molecule is Cc1nn(C)c(CC(=O)C2OCCC2C)c1Cl. The van der Waals surface area contributed by atoms with Gasteiger partial charge in [0, 0.05) is 13.7 Å². The van der Waals surface area contributed by atoms with Gasteiger partial charge in [-0.2, -0.15) is 5.10 Å². The summed E-state index contributed by atoms with van der Waals surface area (Å²) in [6, 6.07) is 0. The van der Waals surface area contributed by atoms with Gasteiger partial charge >= 0.3 is 0 Å². The molecule has 0 radical (unpaired) electrons. The molecule has 4 nitrogen and oxygen atoms in total. The molecular formula is C12H17ClN2O2. The van der Waals surface area contributed by atoms with Crippen molar-refractivity contribution in [1.29, 1.82) is 0 Å². The number of nitrogens with zero attached hydrogens (tertiary/aromatic N) is 2. The highest BCUT2D eigenvalue weighted by Crippen LogP contribution is 2.25. The van der Waals surface area contributed by atoms with Gasteiger partial charge < -0.3 is 4.74 Å². The summed E-state index contributed by atoms with van der Waals surface area (Å²) in [5.74, 6) is 0.399. The average Bonchev–Trinajstić information content (AvgIpc) is 2.78. The van der Waals surface area contributed by atoms with Crippen molar-refractivity contribution in [2.45, 2.75) is 32.8 Å². The van der Waals surface area contributed by atoms with E-state index in [1.807, 2.05) is 13.8 Å². The van der Waals surface area contributed by atoms with Crippen LogP contribution in [0.1, 0.15) is 24.7 Å². The van der Waals surface area contributed by atoms with Crippen LogP contribution in [0, 0.1) is 12.8 Å². The molecule has 2 unspecified atom stereocenters. The van der Waals surface area contributed by atoms with E-state index in [1.165, 1.54) is 0 Å². The summed E-state index contributed by atoms with van der Waals surface area (Å²) < 4.78 is 7.14. The van der Waals surface area contributed by atoms with Gasteiger partial charge in [0.05, 0.1) is 22.8 Å². The fourth-order valence-electron chi connectivity index (χ4n) is 2.24. The van der Waals surface area contributed by atoms with Crippen LogP contribution < -0.4 is 0 Å². The number of halogens is 1. The standard InChI is InChI=1S/C12H17ClN2O2/c1-7-4-5-17-12(7)10(16)6-9-11(13)8(2)14-15(9)3/h7,12H,4-6H2,1-3H3. The maximum Gasteiger partial charge on any atom is 0.167 e. The second-order valence-corrected chi connectivity index (χ2v) is 5.05. The molecule has 17 heavy (non-hydrogen) atoms. The molecule has 1 aromatic heterocycles. The zero-order valence-corrected chi connectivity index (χ0v) is 11.1. The van der Waals surface area contributed by atoms with Crippen LogP contribution in [0.5, 0.6) is 0 Å². The Morgan fingerprint density at radius 2 is 2.35 bits per heavy atom. The summed E-state index contributed by atoms with van der Waals surface area (Å²) in [6.45, 7) is 4.56. The van der Waals surface area contributed by atoms with E-state index < -0.39 is 0 Å². The number of ketones is 1. The zero-order valence-electron chi connectivity index (χ0n) is 10.4. The Morgan fingerprint density at radius 3 is 2.82 bits per heavy atom. The molecule has 2 atom stereocenters. The Balaban J connectivity index is 2.13. The monoisotopic (exact) mass is 256 g/mol. The number of carbonyl (C=O) groups excluding carboxylic acids is 1. The van der Waals surface area contributed by atoms with E-state index in [-0.39, 0.29) is 11.9 Å². The Labute approximate surface area is 106 Å². The lowest BCUT2D eigenvalue weighted by Gasteiger charge is -2.13. The van der Waals surface area contributed by atoms with Gasteiger partial charge in [0.2, 0.25) is 0 Å². The van der Waals surface area contributed by atoms with Crippen LogP contribution in [0.15, 0.2) is 0 Å². The van der Waals surface area contributed by atoms with Crippen molar-refractivity contribution in [3.8, 4) is 0 Å². The molecule has 5 heteroatoms. The quantitative estimate of drug-likeness (QED) is 0.830. The minimum atomic E-state index is -0.277. The van der Waals surface area contributed by atoms with Gasteiger partial charge in [0.1, 0.15) is 6.10 Å². The molecule has 0 bridgehead atoms. The second-order valence-electron chi connectivity index (χ2n) is 4.67. The van der Waals surface area contributed by atoms with Gasteiger partial charge in [-0.05, 0) is 19.3 Å². The van der Waals surface area contributed by atoms with Crippen LogP contribution in [0.2, 0.25) is 5.02 Å². The minimum absolute atomic E-state index is 0.0971. The number of Topliss-reactive ketones (excluding diaryl/α,β-unsaturated/α-hetero) is 1. The van der Waals surface area contributed by atoms with Crippen LogP contribution in [0.4, 0.5) is 0 Å². The highest BCUT2D eigenvalue weighted by atomic mass is 35.5. The zero-order chi connectivity index (χ0) is 12.6. The molecule has 2 rings (SSSR count). The van der Waals surface area contributed by atoms with E-state index in [0.717, 1.165) is 17.8 Å². The van der Waals surface area contributed by atoms with Gasteiger partial charge in [-0.3, -0.25) is 9.48 Å². The predicted octanol–water partition coefficient (Wildman–Crippen LogP) is 1.92. The number of hydrogen-bond acceptors (Lipinski definition) is 3. The third-order valence-electron chi connectivity index (χ3n) is 3.31. The van der Waals surface area contributed by atoms with Crippen molar-refractivity contribution >= 4 is 17.4 Å². The molecule has 2 heterocycles. The van der Waals surface area contributed by atoms with E-state index in [4.69, 9.17) is 16.3 Å². The fraction of sp³-hybridized carbons (Fsp3) is 0.667. The highest BCUT2D eigenvalue weighted by molar-refractivity contribution is 6.32. The number of carbonyl (C=O) groups is 1. The maximum absolute atomic E-state index is 12.1. The van der Waals surface area contributed by atoms with Gasteiger partial charge in [0.15, 0.2) is 5.78 Å². The van der Waals surface area contributed by atoms with Crippen molar-refractivity contribution in [2.24, 2.45) is 13.0 Å². The van der Waals surface area contributed by atoms with Crippen molar-refractivity contribution < 1.29 is 9.53 Å². The van der Waals surface area contributed by atoms with Crippen molar-refractivity contribution in [2.75, 3.05) is 6.61 Å². The van der Waals surface area contributed by atoms with Crippen LogP contribution in [0.3, 0.4) is 0 Å². The van der Waals surface area contributed by atoms with Crippen LogP contribution in [0.25, 0.3) is 0 Å². The molecule has 0 amide bonds. The summed E-state index contributed by atoms with van der Waals surface area (Å²) in [5.41, 5.74) is 1.54. The molecule has 1 aliphatic rings. The van der Waals surface area contributed by atoms with E-state index in [1.54, 1.807) is 11.7 Å². The van der Waals surface area contributed by atoms with E-state index in [2.05, 4.69) is 5.10 Å². The first kappa shape index (κ1) is 12.6. The van der Waals surface area contributed by atoms with Crippen LogP contribution in [-0.4, -0.2) is 28.3 Å². The van der Waals surface area contributed by atoms with Gasteiger partial charge in [0.25, 0.3) is 0 Å². The van der Waals surface area contributed by atoms with Crippen LogP contribution >= 0.6 is 11.6 Å². The summed E-state index contributed by atoms with van der Waals surface area (Å²) in [4.78, 5) is 12.1. The average molecular weight is 257 g/mol. The second kappa shape index (κ2) is 4.78. The minimum Gasteiger partial charge on any atom is -0.370 e. The summed E-state index contributed by atoms with van der Waals surface area (Å²) in [7, 11) is 1.81. The van der Waals surface area contributed by atoms with E-state index in [0.29, 0.717) is 24.0 Å². The van der Waals surface area contributed by atoms with Crippen molar-refractivity contribution in [1.82, 2.24) is 9.78 Å². The number of aryl methyl sites for hydroxylation is 2. The molecule has 1 aliphatic heterocycles. The lowest BCUT2D eigenvalue weighted by Crippen LogP contribution is -2.27. The number of hydrogen-bond donors (Lipinski definition) is 0. The Kier molecular flexibility index (Phi) is 3.54. The van der Waals surface area contributed by atoms with E-state index >= 15 is 0 Å².